The Balaban J connectivity index is 1.36. The van der Waals surface area contributed by atoms with Gasteiger partial charge < -0.3 is 15.2 Å². The Kier molecular flexibility index (Phi) is 8.81. The monoisotopic (exact) mass is 487 g/mol. The zero-order valence-corrected chi connectivity index (χ0v) is 19.9. The Morgan fingerprint density at radius 2 is 1.68 bits per heavy atom. The average Bonchev–Trinajstić information content (AvgIpc) is 3.03. The number of fused-ring (bicyclic) bond motifs is 1. The summed E-state index contributed by atoms with van der Waals surface area (Å²) in [6.07, 6.45) is 2.98. The molecule has 6 heteroatoms. The molecule has 2 N–H and O–H groups in total. The molecule has 2 aromatic carbocycles. The molecule has 0 saturated heterocycles. The molecule has 166 valence electrons. The lowest BCUT2D eigenvalue weighted by Gasteiger charge is -2.11. The first-order chi connectivity index (χ1) is 15.0. The Labute approximate surface area is 192 Å². The van der Waals surface area contributed by atoms with Crippen LogP contribution in [0.4, 0.5) is 4.39 Å². The minimum absolute atomic E-state index is 0.115. The molecule has 1 heterocycles. The van der Waals surface area contributed by atoms with E-state index >= 15 is 0 Å². The highest BCUT2D eigenvalue weighted by atomic mass is 79.9. The quantitative estimate of drug-likeness (QED) is 0.270. The minimum Gasteiger partial charge on any atom is -0.343 e. The van der Waals surface area contributed by atoms with Gasteiger partial charge in [-0.15, -0.1) is 0 Å². The molecule has 0 aliphatic heterocycles. The van der Waals surface area contributed by atoms with Crippen molar-refractivity contribution < 1.29 is 9.18 Å². The van der Waals surface area contributed by atoms with Gasteiger partial charge in [0.25, 0.3) is 0 Å². The summed E-state index contributed by atoms with van der Waals surface area (Å²) in [5.74, 6) is -0.0702. The smallest absolute Gasteiger partial charge is 0.162 e. The van der Waals surface area contributed by atoms with Gasteiger partial charge in [-0.3, -0.25) is 4.79 Å². The van der Waals surface area contributed by atoms with E-state index in [1.165, 1.54) is 12.1 Å². The van der Waals surface area contributed by atoms with Crippen LogP contribution in [0.1, 0.15) is 41.4 Å². The molecule has 0 bridgehead atoms. The third-order valence-electron chi connectivity index (χ3n) is 5.59. The summed E-state index contributed by atoms with van der Waals surface area (Å²) in [5, 5.41) is 7.97. The Morgan fingerprint density at radius 1 is 1.00 bits per heavy atom. The van der Waals surface area contributed by atoms with Gasteiger partial charge in [-0.1, -0.05) is 24.3 Å². The average molecular weight is 488 g/mol. The number of nitrogens with one attached hydrogen (secondary N) is 2. The number of Topliss-reactive ketones (excluding diaryl/α,β-unsaturated/α-hetero) is 1. The highest BCUT2D eigenvalue weighted by molar-refractivity contribution is 9.10. The van der Waals surface area contributed by atoms with Crippen LogP contribution in [0.5, 0.6) is 0 Å². The van der Waals surface area contributed by atoms with Gasteiger partial charge in [0, 0.05) is 27.7 Å². The van der Waals surface area contributed by atoms with E-state index in [0.717, 1.165) is 84.2 Å². The van der Waals surface area contributed by atoms with Gasteiger partial charge in [-0.2, -0.15) is 0 Å². The number of halogens is 2. The van der Waals surface area contributed by atoms with Crippen molar-refractivity contribution in [3.63, 3.8) is 0 Å². The molecule has 4 nitrogen and oxygen atoms in total. The number of carbonyl (C=O) groups excluding carboxylic acids is 1. The largest absolute Gasteiger partial charge is 0.343 e. The summed E-state index contributed by atoms with van der Waals surface area (Å²) >= 11 is 3.65. The van der Waals surface area contributed by atoms with E-state index in [1.807, 2.05) is 37.3 Å². The number of aromatic nitrogens is 1. The number of hydrogen-bond acceptors (Lipinski definition) is 3. The molecular weight excluding hydrogens is 457 g/mol. The number of benzene rings is 2. The molecule has 3 aromatic rings. The van der Waals surface area contributed by atoms with Gasteiger partial charge in [-0.05, 0) is 99.0 Å². The lowest BCUT2D eigenvalue weighted by atomic mass is 10.1. The second-order valence-corrected chi connectivity index (χ2v) is 8.74. The first-order valence-corrected chi connectivity index (χ1v) is 11.7. The van der Waals surface area contributed by atoms with Crippen molar-refractivity contribution in [2.75, 3.05) is 26.2 Å². The van der Waals surface area contributed by atoms with E-state index in [1.54, 1.807) is 6.92 Å². The zero-order valence-electron chi connectivity index (χ0n) is 18.3. The fourth-order valence-corrected chi connectivity index (χ4v) is 4.63. The maximum atomic E-state index is 12.9. The number of nitrogens with zero attached hydrogens (tertiary/aromatic N) is 1. The van der Waals surface area contributed by atoms with Crippen LogP contribution in [-0.2, 0) is 13.0 Å². The van der Waals surface area contributed by atoms with Gasteiger partial charge in [0.05, 0.1) is 5.52 Å². The highest BCUT2D eigenvalue weighted by Crippen LogP contribution is 2.32. The fraction of sp³-hybridized carbons (Fsp3) is 0.400. The van der Waals surface area contributed by atoms with E-state index < -0.39 is 0 Å². The van der Waals surface area contributed by atoms with E-state index in [2.05, 4.69) is 31.1 Å². The van der Waals surface area contributed by atoms with Crippen LogP contribution in [-0.4, -0.2) is 36.5 Å². The molecule has 0 spiro atoms. The number of hydrogen-bond donors (Lipinski definition) is 2. The standard InChI is InChI=1S/C25H31BrFN3O/c1-18-24(19(2)31)22-6-3-7-23(26)25(22)30(18)17-5-15-28-13-4-14-29-16-12-20-8-10-21(27)11-9-20/h3,6-11,28-29H,4-5,12-17H2,1-2H3. The van der Waals surface area contributed by atoms with E-state index in [9.17, 15) is 9.18 Å². The van der Waals surface area contributed by atoms with Crippen LogP contribution in [0.15, 0.2) is 46.9 Å². The summed E-state index contributed by atoms with van der Waals surface area (Å²) < 4.78 is 16.2. The molecule has 0 aliphatic rings. The number of carbonyl (C=O) groups is 1. The molecule has 0 amide bonds. The van der Waals surface area contributed by atoms with Crippen LogP contribution in [0.3, 0.4) is 0 Å². The normalized spacial score (nSPS) is 11.4. The lowest BCUT2D eigenvalue weighted by molar-refractivity contribution is 0.101. The van der Waals surface area contributed by atoms with Crippen molar-refractivity contribution in [1.29, 1.82) is 0 Å². The second-order valence-electron chi connectivity index (χ2n) is 7.89. The summed E-state index contributed by atoms with van der Waals surface area (Å²) in [5.41, 5.74) is 4.13. The summed E-state index contributed by atoms with van der Waals surface area (Å²) in [4.78, 5) is 12.2. The molecule has 0 radical (unpaired) electrons. The molecule has 31 heavy (non-hydrogen) atoms. The fourth-order valence-electron chi connectivity index (χ4n) is 4.05. The van der Waals surface area contributed by atoms with Crippen molar-refractivity contribution in [1.82, 2.24) is 15.2 Å². The van der Waals surface area contributed by atoms with E-state index in [0.29, 0.717) is 0 Å². The minimum atomic E-state index is -0.185. The van der Waals surface area contributed by atoms with Crippen molar-refractivity contribution in [3.05, 3.63) is 69.6 Å². The van der Waals surface area contributed by atoms with Crippen molar-refractivity contribution >= 4 is 32.6 Å². The first-order valence-electron chi connectivity index (χ1n) is 10.9. The first kappa shape index (κ1) is 23.6. The Bertz CT molecular complexity index is 1010. The molecule has 3 rings (SSSR count). The van der Waals surface area contributed by atoms with Crippen molar-refractivity contribution in [2.45, 2.75) is 39.7 Å². The van der Waals surface area contributed by atoms with Gasteiger partial charge in [0.15, 0.2) is 5.78 Å². The summed E-state index contributed by atoms with van der Waals surface area (Å²) in [6.45, 7) is 8.33. The highest BCUT2D eigenvalue weighted by Gasteiger charge is 2.18. The SMILES string of the molecule is CC(=O)c1c(C)n(CCCNCCCNCCc2ccc(F)cc2)c2c(Br)cccc12. The van der Waals surface area contributed by atoms with Crippen LogP contribution < -0.4 is 10.6 Å². The molecule has 1 aromatic heterocycles. The summed E-state index contributed by atoms with van der Waals surface area (Å²) in [7, 11) is 0. The maximum absolute atomic E-state index is 12.9. The Hall–Kier alpha value is -2.02. The van der Waals surface area contributed by atoms with Crippen LogP contribution in [0.25, 0.3) is 10.9 Å². The molecule has 0 fully saturated rings. The third-order valence-corrected chi connectivity index (χ3v) is 6.23. The predicted molar refractivity (Wildman–Crippen MR) is 129 cm³/mol. The van der Waals surface area contributed by atoms with E-state index in [4.69, 9.17) is 0 Å². The summed E-state index contributed by atoms with van der Waals surface area (Å²) in [6, 6.07) is 12.7. The van der Waals surface area contributed by atoms with Crippen LogP contribution >= 0.6 is 15.9 Å². The number of rotatable bonds is 12. The molecule has 0 unspecified atom stereocenters. The van der Waals surface area contributed by atoms with Crippen molar-refractivity contribution in [3.8, 4) is 0 Å². The number of aryl methyl sites for hydroxylation is 1. The zero-order chi connectivity index (χ0) is 22.2. The third kappa shape index (κ3) is 6.25. The van der Waals surface area contributed by atoms with Crippen LogP contribution in [0.2, 0.25) is 0 Å². The molecular formula is C25H31BrFN3O. The predicted octanol–water partition coefficient (Wildman–Crippen LogP) is 5.26. The number of para-hydroxylation sites is 1. The molecule has 0 atom stereocenters. The number of ketones is 1. The van der Waals surface area contributed by atoms with Gasteiger partial charge >= 0.3 is 0 Å². The lowest BCUT2D eigenvalue weighted by Crippen LogP contribution is -2.24. The van der Waals surface area contributed by atoms with Gasteiger partial charge in [-0.25, -0.2) is 4.39 Å². The van der Waals surface area contributed by atoms with Crippen molar-refractivity contribution in [2.24, 2.45) is 0 Å². The Morgan fingerprint density at radius 3 is 2.39 bits per heavy atom. The maximum Gasteiger partial charge on any atom is 0.162 e. The van der Waals surface area contributed by atoms with E-state index in [-0.39, 0.29) is 11.6 Å². The molecule has 0 saturated carbocycles. The second kappa shape index (κ2) is 11.6. The topological polar surface area (TPSA) is 46.1 Å². The van der Waals surface area contributed by atoms with Gasteiger partial charge in [0.1, 0.15) is 5.82 Å². The van der Waals surface area contributed by atoms with Gasteiger partial charge in [0.2, 0.25) is 0 Å². The van der Waals surface area contributed by atoms with Crippen LogP contribution in [0, 0.1) is 12.7 Å². The molecule has 0 aliphatic carbocycles.